The number of amidine groups is 1. The highest BCUT2D eigenvalue weighted by Crippen LogP contribution is 2.18. The van der Waals surface area contributed by atoms with Gasteiger partial charge in [0.15, 0.2) is 0 Å². The smallest absolute Gasteiger partial charge is 0.344 e. The Balaban J connectivity index is 2.05. The summed E-state index contributed by atoms with van der Waals surface area (Å²) < 4.78 is 3.04. The first-order valence-electron chi connectivity index (χ1n) is 9.39. The third-order valence-corrected chi connectivity index (χ3v) is 4.46. The van der Waals surface area contributed by atoms with E-state index in [2.05, 4.69) is 21.2 Å². The minimum atomic E-state index is -0.776. The van der Waals surface area contributed by atoms with Crippen LogP contribution in [-0.2, 0) is 14.1 Å². The van der Waals surface area contributed by atoms with Gasteiger partial charge in [-0.3, -0.25) is 15.0 Å². The molecule has 2 aromatic rings. The summed E-state index contributed by atoms with van der Waals surface area (Å²) in [5.74, 6) is -0.843. The van der Waals surface area contributed by atoms with Gasteiger partial charge < -0.3 is 30.8 Å². The summed E-state index contributed by atoms with van der Waals surface area (Å²) in [6, 6.07) is 2.16. The van der Waals surface area contributed by atoms with Crippen molar-refractivity contribution in [3.05, 3.63) is 40.8 Å². The number of carbonyl (C=O) groups excluding carboxylic acids is 3. The van der Waals surface area contributed by atoms with Gasteiger partial charge in [0.25, 0.3) is 11.8 Å². The van der Waals surface area contributed by atoms with E-state index in [4.69, 9.17) is 22.7 Å². The summed E-state index contributed by atoms with van der Waals surface area (Å²) in [5, 5.41) is 18.2. The van der Waals surface area contributed by atoms with Crippen molar-refractivity contribution in [2.24, 2.45) is 25.1 Å². The number of hydrogen-bond acceptors (Lipinski definition) is 6. The van der Waals surface area contributed by atoms with Gasteiger partial charge in [0.05, 0.1) is 29.0 Å². The number of urea groups is 1. The first-order chi connectivity index (χ1) is 15.2. The van der Waals surface area contributed by atoms with Crippen LogP contribution in [0.4, 0.5) is 16.2 Å². The second-order valence-electron chi connectivity index (χ2n) is 6.76. The number of alkyl halides is 1. The van der Waals surface area contributed by atoms with Crippen molar-refractivity contribution in [1.29, 1.82) is 5.41 Å². The Morgan fingerprint density at radius 1 is 1.09 bits per heavy atom. The molecular formula is C18H24ClN9O4. The molecule has 0 aromatic carbocycles. The maximum atomic E-state index is 12.7. The number of aromatic nitrogens is 2. The van der Waals surface area contributed by atoms with Crippen LogP contribution in [0.15, 0.2) is 29.8 Å². The van der Waals surface area contributed by atoms with Crippen LogP contribution < -0.4 is 21.7 Å². The molecular weight excluding hydrogens is 442 g/mol. The van der Waals surface area contributed by atoms with E-state index >= 15 is 0 Å². The lowest BCUT2D eigenvalue weighted by Crippen LogP contribution is -2.31. The highest BCUT2D eigenvalue weighted by atomic mass is 35.5. The molecule has 0 aliphatic heterocycles. The van der Waals surface area contributed by atoms with Crippen LogP contribution in [0.5, 0.6) is 0 Å². The van der Waals surface area contributed by atoms with Crippen molar-refractivity contribution >= 4 is 46.7 Å². The largest absolute Gasteiger partial charge is 0.388 e. The maximum Gasteiger partial charge on any atom is 0.344 e. The van der Waals surface area contributed by atoms with Gasteiger partial charge in [-0.25, -0.2) is 4.79 Å². The van der Waals surface area contributed by atoms with Crippen molar-refractivity contribution in [3.63, 3.8) is 0 Å². The van der Waals surface area contributed by atoms with Gasteiger partial charge in [-0.15, -0.1) is 16.5 Å². The zero-order valence-electron chi connectivity index (χ0n) is 17.5. The van der Waals surface area contributed by atoms with Gasteiger partial charge >= 0.3 is 6.03 Å². The molecule has 13 nitrogen and oxygen atoms in total. The van der Waals surface area contributed by atoms with Crippen LogP contribution in [0.3, 0.4) is 0 Å². The van der Waals surface area contributed by atoms with Gasteiger partial charge in [-0.05, 0) is 12.1 Å². The zero-order valence-corrected chi connectivity index (χ0v) is 18.3. The van der Waals surface area contributed by atoms with E-state index in [-0.39, 0.29) is 48.5 Å². The monoisotopic (exact) mass is 465 g/mol. The second-order valence-corrected chi connectivity index (χ2v) is 7.14. The Morgan fingerprint density at radius 3 is 2.19 bits per heavy atom. The van der Waals surface area contributed by atoms with E-state index in [1.807, 2.05) is 0 Å². The fraction of sp³-hybridized carbons (Fsp3) is 0.333. The average molecular weight is 466 g/mol. The number of nitrogens with one attached hydrogen (secondary N) is 4. The minimum absolute atomic E-state index is 0.0301. The first kappa shape index (κ1) is 24.4. The highest BCUT2D eigenvalue weighted by Gasteiger charge is 2.19. The van der Waals surface area contributed by atoms with Crippen LogP contribution in [-0.4, -0.2) is 56.8 Å². The van der Waals surface area contributed by atoms with Crippen molar-refractivity contribution in [2.45, 2.75) is 6.42 Å². The zero-order chi connectivity index (χ0) is 23.8. The Hall–Kier alpha value is -3.87. The third kappa shape index (κ3) is 6.31. The average Bonchev–Trinajstić information content (AvgIpc) is 3.27. The third-order valence-electron chi connectivity index (χ3n) is 4.29. The molecule has 0 saturated carbocycles. The molecule has 0 aliphatic rings. The van der Waals surface area contributed by atoms with E-state index in [9.17, 15) is 19.3 Å². The molecule has 0 bridgehead atoms. The molecule has 14 heteroatoms. The van der Waals surface area contributed by atoms with E-state index in [1.54, 1.807) is 24.9 Å². The normalized spacial score (nSPS) is 10.3. The second kappa shape index (κ2) is 10.9. The van der Waals surface area contributed by atoms with E-state index < -0.39 is 11.9 Å². The Bertz CT molecular complexity index is 1030. The van der Waals surface area contributed by atoms with Gasteiger partial charge in [0, 0.05) is 45.3 Å². The van der Waals surface area contributed by atoms with Crippen molar-refractivity contribution in [3.8, 4) is 0 Å². The van der Waals surface area contributed by atoms with Crippen LogP contribution >= 0.6 is 11.6 Å². The predicted molar refractivity (Wildman–Crippen MR) is 120 cm³/mol. The van der Waals surface area contributed by atoms with Gasteiger partial charge in [-0.2, -0.15) is 5.01 Å². The topological polar surface area (TPSA) is 180 Å². The van der Waals surface area contributed by atoms with Crippen LogP contribution in [0, 0.1) is 10.3 Å². The summed E-state index contributed by atoms with van der Waals surface area (Å²) in [7, 11) is 3.26. The number of hydrogen-bond donors (Lipinski definition) is 5. The number of nitrogens with zero attached hydrogens (tertiary/aromatic N) is 4. The number of rotatable bonds is 10. The molecule has 2 aromatic heterocycles. The molecule has 172 valence electrons. The molecule has 2 rings (SSSR count). The molecule has 32 heavy (non-hydrogen) atoms. The van der Waals surface area contributed by atoms with Crippen molar-refractivity contribution in [1.82, 2.24) is 19.5 Å². The fourth-order valence-corrected chi connectivity index (χ4v) is 2.92. The molecule has 0 aliphatic carbocycles. The maximum absolute atomic E-state index is 12.7. The molecule has 0 atom stereocenters. The predicted octanol–water partition coefficient (Wildman–Crippen LogP) is 1.43. The molecule has 2 heterocycles. The highest BCUT2D eigenvalue weighted by molar-refractivity contribution is 6.18. The van der Waals surface area contributed by atoms with Crippen LogP contribution in [0.2, 0.25) is 0 Å². The Morgan fingerprint density at radius 2 is 1.66 bits per heavy atom. The Labute approximate surface area is 188 Å². The SMILES string of the molecule is Cn1cc(NC(=O)c2cc(NC(=O)N(CCCl)N=O)cn2C)cc1C(=O)NCCC(=N)N. The lowest BCUT2D eigenvalue weighted by atomic mass is 10.3. The number of halogens is 1. The molecule has 0 radical (unpaired) electrons. The molecule has 0 spiro atoms. The molecule has 4 amide bonds. The number of carbonyl (C=O) groups is 3. The summed E-state index contributed by atoms with van der Waals surface area (Å²) >= 11 is 5.52. The van der Waals surface area contributed by atoms with Gasteiger partial charge in [0.1, 0.15) is 11.4 Å². The summed E-state index contributed by atoms with van der Waals surface area (Å²) in [6.45, 7) is 0.163. The number of anilines is 2. The number of aryl methyl sites for hydroxylation is 2. The van der Waals surface area contributed by atoms with Crippen LogP contribution in [0.1, 0.15) is 27.4 Å². The molecule has 0 fully saturated rings. The lowest BCUT2D eigenvalue weighted by Gasteiger charge is -2.11. The van der Waals surface area contributed by atoms with E-state index in [0.717, 1.165) is 0 Å². The van der Waals surface area contributed by atoms with E-state index in [1.165, 1.54) is 22.9 Å². The summed E-state index contributed by atoms with van der Waals surface area (Å²) in [6.07, 6.45) is 3.30. The van der Waals surface area contributed by atoms with Crippen LogP contribution in [0.25, 0.3) is 0 Å². The van der Waals surface area contributed by atoms with E-state index in [0.29, 0.717) is 16.4 Å². The lowest BCUT2D eigenvalue weighted by molar-refractivity contribution is 0.0945. The van der Waals surface area contributed by atoms with Crippen molar-refractivity contribution in [2.75, 3.05) is 29.6 Å². The summed E-state index contributed by atoms with van der Waals surface area (Å²) in [4.78, 5) is 47.7. The number of nitroso groups, excluding NO2 is 1. The first-order valence-corrected chi connectivity index (χ1v) is 9.92. The fourth-order valence-electron chi connectivity index (χ4n) is 2.76. The van der Waals surface area contributed by atoms with Crippen molar-refractivity contribution < 1.29 is 14.4 Å². The summed E-state index contributed by atoms with van der Waals surface area (Å²) in [5.41, 5.74) is 6.47. The van der Waals surface area contributed by atoms with Gasteiger partial charge in [-0.1, -0.05) is 0 Å². The molecule has 0 saturated heterocycles. The number of nitrogens with two attached hydrogens (primary N) is 1. The standard InChI is InChI=1S/C18H24ClN9O4/c1-26-9-11(7-13(26)16(29)22-5-3-15(20)21)23-17(30)14-8-12(10-27(14)2)24-18(31)28(25-32)6-4-19/h7-10H,3-6H2,1-2H3,(H3,20,21)(H,22,29)(H,23,30)(H,24,31). The van der Waals surface area contributed by atoms with Gasteiger partial charge in [0.2, 0.25) is 0 Å². The number of amides is 4. The molecule has 0 unspecified atom stereocenters. The molecule has 6 N–H and O–H groups in total. The quantitative estimate of drug-likeness (QED) is 0.117. The minimum Gasteiger partial charge on any atom is -0.388 e. The Kier molecular flexibility index (Phi) is 8.35.